The Kier molecular flexibility index (Phi) is 5.98. The van der Waals surface area contributed by atoms with Crippen LogP contribution in [0, 0.1) is 0 Å². The highest BCUT2D eigenvalue weighted by Gasteiger charge is 2.33. The molecule has 0 aromatic heterocycles. The number of imide groups is 1. The number of benzene rings is 3. The van der Waals surface area contributed by atoms with E-state index in [9.17, 15) is 14.4 Å². The number of carbonyl (C=O) groups is 3. The van der Waals surface area contributed by atoms with Crippen molar-refractivity contribution >= 4 is 24.0 Å². The Labute approximate surface area is 184 Å². The first-order chi connectivity index (χ1) is 15.5. The van der Waals surface area contributed by atoms with E-state index in [4.69, 9.17) is 9.84 Å². The van der Waals surface area contributed by atoms with E-state index in [0.29, 0.717) is 5.75 Å². The van der Waals surface area contributed by atoms with E-state index in [0.717, 1.165) is 16.7 Å². The second kappa shape index (κ2) is 9.18. The summed E-state index contributed by atoms with van der Waals surface area (Å²) in [6, 6.07) is 22.5. The van der Waals surface area contributed by atoms with Crippen molar-refractivity contribution in [1.82, 2.24) is 10.2 Å². The highest BCUT2D eigenvalue weighted by molar-refractivity contribution is 6.13. The molecule has 1 fully saturated rings. The van der Waals surface area contributed by atoms with E-state index in [1.807, 2.05) is 30.3 Å². The molecular formula is C25H20N2O5. The maximum absolute atomic E-state index is 12.6. The summed E-state index contributed by atoms with van der Waals surface area (Å²) in [5.41, 5.74) is 2.76. The second-order valence-corrected chi connectivity index (χ2v) is 7.23. The van der Waals surface area contributed by atoms with E-state index in [1.54, 1.807) is 48.5 Å². The Morgan fingerprint density at radius 2 is 1.66 bits per heavy atom. The monoisotopic (exact) mass is 428 g/mol. The third-order valence-electron chi connectivity index (χ3n) is 4.92. The van der Waals surface area contributed by atoms with Gasteiger partial charge >= 0.3 is 12.0 Å². The molecule has 7 nitrogen and oxygen atoms in total. The van der Waals surface area contributed by atoms with E-state index in [-0.39, 0.29) is 30.3 Å². The number of ether oxygens (including phenoxy) is 1. The summed E-state index contributed by atoms with van der Waals surface area (Å²) in [6.07, 6.45) is 1.62. The number of amides is 3. The number of urea groups is 1. The van der Waals surface area contributed by atoms with Crippen molar-refractivity contribution in [3.05, 3.63) is 107 Å². The van der Waals surface area contributed by atoms with Gasteiger partial charge in [0.05, 0.1) is 12.1 Å². The molecule has 0 atom stereocenters. The SMILES string of the molecule is O=C(O)c1cccc(COc2ccc(/C=C3/NC(=O)N(Cc4ccccc4)C3=O)cc2)c1. The highest BCUT2D eigenvalue weighted by atomic mass is 16.5. The van der Waals surface area contributed by atoms with E-state index in [1.165, 1.54) is 11.0 Å². The van der Waals surface area contributed by atoms with Crippen LogP contribution in [0.4, 0.5) is 4.79 Å². The zero-order valence-corrected chi connectivity index (χ0v) is 17.0. The molecule has 0 aliphatic carbocycles. The van der Waals surface area contributed by atoms with Gasteiger partial charge in [0.15, 0.2) is 0 Å². The third kappa shape index (κ3) is 4.84. The van der Waals surface area contributed by atoms with E-state index < -0.39 is 12.0 Å². The molecule has 0 spiro atoms. The molecule has 32 heavy (non-hydrogen) atoms. The molecule has 3 aromatic carbocycles. The molecule has 0 radical (unpaired) electrons. The minimum atomic E-state index is -0.986. The minimum Gasteiger partial charge on any atom is -0.489 e. The van der Waals surface area contributed by atoms with Crippen molar-refractivity contribution in [3.8, 4) is 5.75 Å². The molecule has 160 valence electrons. The van der Waals surface area contributed by atoms with Crippen molar-refractivity contribution in [2.24, 2.45) is 0 Å². The fourth-order valence-corrected chi connectivity index (χ4v) is 3.27. The van der Waals surface area contributed by atoms with Gasteiger partial charge in [0.25, 0.3) is 5.91 Å². The molecule has 0 bridgehead atoms. The lowest BCUT2D eigenvalue weighted by Crippen LogP contribution is -2.30. The summed E-state index contributed by atoms with van der Waals surface area (Å²) in [6.45, 7) is 0.434. The summed E-state index contributed by atoms with van der Waals surface area (Å²) in [5, 5.41) is 11.7. The van der Waals surface area contributed by atoms with Crippen molar-refractivity contribution in [3.63, 3.8) is 0 Å². The topological polar surface area (TPSA) is 95.9 Å². The Morgan fingerprint density at radius 1 is 0.938 bits per heavy atom. The molecule has 0 saturated carbocycles. The molecule has 1 aliphatic heterocycles. The van der Waals surface area contributed by atoms with Crippen molar-refractivity contribution in [2.75, 3.05) is 0 Å². The normalized spacial score (nSPS) is 14.5. The van der Waals surface area contributed by atoms with Gasteiger partial charge in [-0.05, 0) is 47.0 Å². The first kappa shape index (κ1) is 20.9. The van der Waals surface area contributed by atoms with Crippen molar-refractivity contribution in [2.45, 2.75) is 13.2 Å². The molecule has 1 heterocycles. The van der Waals surface area contributed by atoms with Gasteiger partial charge in [-0.2, -0.15) is 0 Å². The van der Waals surface area contributed by atoms with Gasteiger partial charge in [0.1, 0.15) is 18.1 Å². The van der Waals surface area contributed by atoms with Crippen molar-refractivity contribution < 1.29 is 24.2 Å². The van der Waals surface area contributed by atoms with Crippen LogP contribution in [0.2, 0.25) is 0 Å². The maximum Gasteiger partial charge on any atom is 0.335 e. The van der Waals surface area contributed by atoms with Gasteiger partial charge in [-0.3, -0.25) is 9.69 Å². The summed E-state index contributed by atoms with van der Waals surface area (Å²) >= 11 is 0. The molecule has 3 amide bonds. The van der Waals surface area contributed by atoms with E-state index >= 15 is 0 Å². The van der Waals surface area contributed by atoms with Crippen LogP contribution < -0.4 is 10.1 Å². The number of nitrogens with zero attached hydrogens (tertiary/aromatic N) is 1. The molecular weight excluding hydrogens is 408 g/mol. The number of carboxylic acids is 1. The van der Waals surface area contributed by atoms with Gasteiger partial charge in [0.2, 0.25) is 0 Å². The summed E-state index contributed by atoms with van der Waals surface area (Å²) in [4.78, 5) is 37.1. The zero-order chi connectivity index (χ0) is 22.5. The molecule has 4 rings (SSSR count). The Hall–Kier alpha value is -4.39. The number of rotatable bonds is 7. The number of carbonyl (C=O) groups excluding carboxylic acids is 2. The molecule has 3 aromatic rings. The highest BCUT2D eigenvalue weighted by Crippen LogP contribution is 2.20. The Morgan fingerprint density at radius 3 is 2.38 bits per heavy atom. The molecule has 1 aliphatic rings. The number of carboxylic acid groups (broad SMARTS) is 1. The molecule has 7 heteroatoms. The smallest absolute Gasteiger partial charge is 0.335 e. The summed E-state index contributed by atoms with van der Waals surface area (Å²) < 4.78 is 5.71. The quantitative estimate of drug-likeness (QED) is 0.437. The summed E-state index contributed by atoms with van der Waals surface area (Å²) in [7, 11) is 0. The van der Waals surface area contributed by atoms with Gasteiger partial charge < -0.3 is 15.2 Å². The first-order valence-corrected chi connectivity index (χ1v) is 9.93. The van der Waals surface area contributed by atoms with Crippen LogP contribution in [-0.4, -0.2) is 27.9 Å². The van der Waals surface area contributed by atoms with Crippen LogP contribution in [0.5, 0.6) is 5.75 Å². The fraction of sp³-hybridized carbons (Fsp3) is 0.0800. The minimum absolute atomic E-state index is 0.206. The fourth-order valence-electron chi connectivity index (χ4n) is 3.27. The predicted molar refractivity (Wildman–Crippen MR) is 118 cm³/mol. The molecule has 2 N–H and O–H groups in total. The average Bonchev–Trinajstić information content (AvgIpc) is 3.07. The largest absolute Gasteiger partial charge is 0.489 e. The number of hydrogen-bond donors (Lipinski definition) is 2. The lowest BCUT2D eigenvalue weighted by Gasteiger charge is -2.11. The number of nitrogens with one attached hydrogen (secondary N) is 1. The molecule has 0 unspecified atom stereocenters. The van der Waals surface area contributed by atoms with Gasteiger partial charge in [0, 0.05) is 0 Å². The van der Waals surface area contributed by atoms with Crippen LogP contribution in [-0.2, 0) is 17.9 Å². The first-order valence-electron chi connectivity index (χ1n) is 9.93. The van der Waals surface area contributed by atoms with Crippen LogP contribution in [0.15, 0.2) is 84.6 Å². The van der Waals surface area contributed by atoms with Gasteiger partial charge in [-0.25, -0.2) is 9.59 Å². The standard InChI is InChI=1S/C25H20N2O5/c28-23-22(26-25(31)27(23)15-18-5-2-1-3-6-18)14-17-9-11-21(12-10-17)32-16-19-7-4-8-20(13-19)24(29)30/h1-14H,15-16H2,(H,26,31)(H,29,30)/b22-14+. The lowest BCUT2D eigenvalue weighted by molar-refractivity contribution is -0.123. The molecule has 1 saturated heterocycles. The van der Waals surface area contributed by atoms with Crippen LogP contribution in [0.25, 0.3) is 6.08 Å². The maximum atomic E-state index is 12.6. The zero-order valence-electron chi connectivity index (χ0n) is 17.0. The van der Waals surface area contributed by atoms with Gasteiger partial charge in [-0.1, -0.05) is 54.6 Å². The van der Waals surface area contributed by atoms with Gasteiger partial charge in [-0.15, -0.1) is 0 Å². The Bertz CT molecular complexity index is 1190. The van der Waals surface area contributed by atoms with Crippen LogP contribution >= 0.6 is 0 Å². The lowest BCUT2D eigenvalue weighted by atomic mass is 10.1. The van der Waals surface area contributed by atoms with E-state index in [2.05, 4.69) is 5.32 Å². The third-order valence-corrected chi connectivity index (χ3v) is 4.92. The van der Waals surface area contributed by atoms with Crippen molar-refractivity contribution in [1.29, 1.82) is 0 Å². The second-order valence-electron chi connectivity index (χ2n) is 7.23. The summed E-state index contributed by atoms with van der Waals surface area (Å²) in [5.74, 6) is -0.766. The van der Waals surface area contributed by atoms with Crippen LogP contribution in [0.3, 0.4) is 0 Å². The Balaban J connectivity index is 1.39. The average molecular weight is 428 g/mol. The number of aromatic carboxylic acids is 1. The predicted octanol–water partition coefficient (Wildman–Crippen LogP) is 4.06. The van der Waals surface area contributed by atoms with Crippen LogP contribution in [0.1, 0.15) is 27.0 Å². The number of hydrogen-bond acceptors (Lipinski definition) is 4.